The van der Waals surface area contributed by atoms with Crippen LogP contribution in [-0.4, -0.2) is 11.1 Å². The van der Waals surface area contributed by atoms with Crippen LogP contribution >= 0.6 is 0 Å². The molecule has 0 unspecified atom stereocenters. The number of aromatic hydroxyl groups is 1. The zero-order valence-electron chi connectivity index (χ0n) is 9.82. The van der Waals surface area contributed by atoms with Crippen molar-refractivity contribution >= 4 is 5.97 Å². The number of hydrogen-bond donors (Lipinski definition) is 1. The number of rotatable bonds is 5. The highest BCUT2D eigenvalue weighted by Crippen LogP contribution is 2.26. The Bertz CT molecular complexity index is 358. The lowest BCUT2D eigenvalue weighted by Crippen LogP contribution is -2.07. The number of phenolic OH excluding ortho intramolecular Hbond substituents is 1. The normalized spacial score (nSPS) is 10.1. The second kappa shape index (κ2) is 6.16. The van der Waals surface area contributed by atoms with E-state index in [0.717, 1.165) is 24.8 Å². The van der Waals surface area contributed by atoms with Crippen molar-refractivity contribution in [1.29, 1.82) is 0 Å². The number of hydrogen-bond acceptors (Lipinski definition) is 3. The number of unbranched alkanes of at least 4 members (excludes halogenated alkanes) is 2. The van der Waals surface area contributed by atoms with E-state index in [-0.39, 0.29) is 17.5 Å². The number of esters is 1. The molecule has 16 heavy (non-hydrogen) atoms. The molecule has 0 aliphatic heterocycles. The topological polar surface area (TPSA) is 46.5 Å². The standard InChI is InChI=1S/C13H18O3/c1-3-4-5-6-13(15)16-12-8-7-10(2)9-11(12)14/h7-9,14H,3-6H2,1-2H3. The van der Waals surface area contributed by atoms with Gasteiger partial charge in [-0.3, -0.25) is 4.79 Å². The van der Waals surface area contributed by atoms with Gasteiger partial charge in [-0.05, 0) is 31.0 Å². The Morgan fingerprint density at radius 2 is 2.12 bits per heavy atom. The van der Waals surface area contributed by atoms with Gasteiger partial charge in [-0.25, -0.2) is 0 Å². The van der Waals surface area contributed by atoms with E-state index in [1.165, 1.54) is 0 Å². The lowest BCUT2D eigenvalue weighted by Gasteiger charge is -2.06. The highest BCUT2D eigenvalue weighted by molar-refractivity contribution is 5.73. The maximum atomic E-state index is 11.4. The van der Waals surface area contributed by atoms with E-state index in [1.54, 1.807) is 18.2 Å². The number of carbonyl (C=O) groups is 1. The summed E-state index contributed by atoms with van der Waals surface area (Å²) in [6.07, 6.45) is 3.33. The average molecular weight is 222 g/mol. The first-order valence-corrected chi connectivity index (χ1v) is 5.63. The molecule has 0 aliphatic rings. The molecule has 3 nitrogen and oxygen atoms in total. The second-order valence-corrected chi connectivity index (χ2v) is 3.90. The molecular formula is C13H18O3. The first-order chi connectivity index (χ1) is 7.63. The first kappa shape index (κ1) is 12.6. The van der Waals surface area contributed by atoms with Crippen LogP contribution < -0.4 is 4.74 Å². The highest BCUT2D eigenvalue weighted by atomic mass is 16.5. The predicted molar refractivity (Wildman–Crippen MR) is 62.6 cm³/mol. The quantitative estimate of drug-likeness (QED) is 0.473. The number of aryl methyl sites for hydroxylation is 1. The zero-order chi connectivity index (χ0) is 12.0. The van der Waals surface area contributed by atoms with Gasteiger partial charge in [0.2, 0.25) is 0 Å². The van der Waals surface area contributed by atoms with Crippen LogP contribution in [0.4, 0.5) is 0 Å². The molecule has 0 radical (unpaired) electrons. The molecule has 88 valence electrons. The summed E-state index contributed by atoms with van der Waals surface area (Å²) in [7, 11) is 0. The summed E-state index contributed by atoms with van der Waals surface area (Å²) in [5.74, 6) is -0.0245. The third kappa shape index (κ3) is 3.93. The third-order valence-electron chi connectivity index (χ3n) is 2.32. The minimum absolute atomic E-state index is 0.0174. The summed E-state index contributed by atoms with van der Waals surface area (Å²) in [6, 6.07) is 4.99. The Kier molecular flexibility index (Phi) is 4.83. The first-order valence-electron chi connectivity index (χ1n) is 5.63. The summed E-state index contributed by atoms with van der Waals surface area (Å²) < 4.78 is 5.06. The maximum absolute atomic E-state index is 11.4. The summed E-state index contributed by atoms with van der Waals surface area (Å²) in [5.41, 5.74) is 0.934. The fourth-order valence-electron chi connectivity index (χ4n) is 1.41. The van der Waals surface area contributed by atoms with Crippen molar-refractivity contribution in [3.63, 3.8) is 0 Å². The van der Waals surface area contributed by atoms with Crippen LogP contribution in [0.5, 0.6) is 11.5 Å². The molecular weight excluding hydrogens is 204 g/mol. The van der Waals surface area contributed by atoms with Gasteiger partial charge < -0.3 is 9.84 Å². The fraction of sp³-hybridized carbons (Fsp3) is 0.462. The van der Waals surface area contributed by atoms with Gasteiger partial charge in [0.25, 0.3) is 0 Å². The minimum Gasteiger partial charge on any atom is -0.504 e. The molecule has 0 saturated carbocycles. The highest BCUT2D eigenvalue weighted by Gasteiger charge is 2.08. The maximum Gasteiger partial charge on any atom is 0.311 e. The van der Waals surface area contributed by atoms with E-state index in [1.807, 2.05) is 6.92 Å². The Balaban J connectivity index is 2.49. The van der Waals surface area contributed by atoms with Gasteiger partial charge in [0.1, 0.15) is 0 Å². The summed E-state index contributed by atoms with van der Waals surface area (Å²) in [5, 5.41) is 9.53. The summed E-state index contributed by atoms with van der Waals surface area (Å²) >= 11 is 0. The van der Waals surface area contributed by atoms with Crippen LogP contribution in [0.3, 0.4) is 0 Å². The molecule has 1 aromatic carbocycles. The van der Waals surface area contributed by atoms with Gasteiger partial charge in [-0.15, -0.1) is 0 Å². The molecule has 1 N–H and O–H groups in total. The number of benzene rings is 1. The van der Waals surface area contributed by atoms with Crippen LogP contribution in [0, 0.1) is 6.92 Å². The van der Waals surface area contributed by atoms with Crippen LogP contribution in [-0.2, 0) is 4.79 Å². The van der Waals surface area contributed by atoms with Crippen molar-refractivity contribution in [2.24, 2.45) is 0 Å². The van der Waals surface area contributed by atoms with Gasteiger partial charge in [0.05, 0.1) is 0 Å². The summed E-state index contributed by atoms with van der Waals surface area (Å²) in [4.78, 5) is 11.4. The number of carbonyl (C=O) groups excluding carboxylic acids is 1. The molecule has 0 saturated heterocycles. The molecule has 0 fully saturated rings. The lowest BCUT2D eigenvalue weighted by molar-refractivity contribution is -0.134. The fourth-order valence-corrected chi connectivity index (χ4v) is 1.41. The predicted octanol–water partition coefficient (Wildman–Crippen LogP) is 3.19. The molecule has 0 atom stereocenters. The molecule has 3 heteroatoms. The molecule has 0 amide bonds. The number of phenols is 1. The molecule has 1 rings (SSSR count). The van der Waals surface area contributed by atoms with Crippen LogP contribution in [0.1, 0.15) is 38.2 Å². The van der Waals surface area contributed by atoms with Crippen molar-refractivity contribution in [2.45, 2.75) is 39.5 Å². The van der Waals surface area contributed by atoms with E-state index < -0.39 is 0 Å². The third-order valence-corrected chi connectivity index (χ3v) is 2.32. The van der Waals surface area contributed by atoms with Crippen LogP contribution in [0.15, 0.2) is 18.2 Å². The van der Waals surface area contributed by atoms with Gasteiger partial charge >= 0.3 is 5.97 Å². The molecule has 0 aliphatic carbocycles. The Labute approximate surface area is 96.1 Å². The van der Waals surface area contributed by atoms with E-state index in [4.69, 9.17) is 4.74 Å². The van der Waals surface area contributed by atoms with E-state index in [9.17, 15) is 9.90 Å². The largest absolute Gasteiger partial charge is 0.504 e. The lowest BCUT2D eigenvalue weighted by atomic mass is 10.2. The Hall–Kier alpha value is -1.51. The Morgan fingerprint density at radius 3 is 2.75 bits per heavy atom. The smallest absolute Gasteiger partial charge is 0.311 e. The average Bonchev–Trinajstić information content (AvgIpc) is 2.23. The van der Waals surface area contributed by atoms with Gasteiger partial charge in [0.15, 0.2) is 11.5 Å². The molecule has 0 aromatic heterocycles. The van der Waals surface area contributed by atoms with E-state index >= 15 is 0 Å². The second-order valence-electron chi connectivity index (χ2n) is 3.90. The summed E-state index contributed by atoms with van der Waals surface area (Å²) in [6.45, 7) is 3.95. The van der Waals surface area contributed by atoms with Crippen molar-refractivity contribution in [1.82, 2.24) is 0 Å². The van der Waals surface area contributed by atoms with E-state index in [0.29, 0.717) is 6.42 Å². The minimum atomic E-state index is -0.285. The Morgan fingerprint density at radius 1 is 1.38 bits per heavy atom. The molecule has 1 aromatic rings. The van der Waals surface area contributed by atoms with Crippen LogP contribution in [0.25, 0.3) is 0 Å². The van der Waals surface area contributed by atoms with Crippen molar-refractivity contribution < 1.29 is 14.6 Å². The SMILES string of the molecule is CCCCCC(=O)Oc1ccc(C)cc1O. The van der Waals surface area contributed by atoms with E-state index in [2.05, 4.69) is 6.92 Å². The van der Waals surface area contributed by atoms with Crippen molar-refractivity contribution in [2.75, 3.05) is 0 Å². The monoisotopic (exact) mass is 222 g/mol. The van der Waals surface area contributed by atoms with Gasteiger partial charge in [0, 0.05) is 6.42 Å². The van der Waals surface area contributed by atoms with Gasteiger partial charge in [-0.2, -0.15) is 0 Å². The zero-order valence-corrected chi connectivity index (χ0v) is 9.82. The van der Waals surface area contributed by atoms with Crippen molar-refractivity contribution in [3.8, 4) is 11.5 Å². The molecule has 0 spiro atoms. The van der Waals surface area contributed by atoms with Crippen molar-refractivity contribution in [3.05, 3.63) is 23.8 Å². The molecule has 0 bridgehead atoms. The van der Waals surface area contributed by atoms with Gasteiger partial charge in [-0.1, -0.05) is 25.8 Å². The van der Waals surface area contributed by atoms with Crippen LogP contribution in [0.2, 0.25) is 0 Å². The number of ether oxygens (including phenoxy) is 1. The molecule has 0 heterocycles.